The molecule has 0 atom stereocenters. The highest BCUT2D eigenvalue weighted by molar-refractivity contribution is 7.09. The van der Waals surface area contributed by atoms with Gasteiger partial charge in [0.1, 0.15) is 0 Å². The smallest absolute Gasteiger partial charge is 0.0302 e. The Morgan fingerprint density at radius 3 is 2.90 bits per heavy atom. The lowest BCUT2D eigenvalue weighted by molar-refractivity contribution is 1.13. The van der Waals surface area contributed by atoms with Crippen LogP contribution in [0.1, 0.15) is 17.7 Å². The van der Waals surface area contributed by atoms with E-state index in [1.54, 1.807) is 0 Å². The standard InChI is InChI=1S/C9H10S/c1-7-6-8-4-2-3-5-9(8)10-7/h4-6H,2-3H2,1H3. The molecular weight excluding hydrogens is 140 g/mol. The zero-order valence-electron chi connectivity index (χ0n) is 6.05. The molecule has 0 fully saturated rings. The van der Waals surface area contributed by atoms with Crippen molar-refractivity contribution in [2.24, 2.45) is 0 Å². The summed E-state index contributed by atoms with van der Waals surface area (Å²) in [4.78, 5) is 1.43. The molecule has 1 heterocycles. The van der Waals surface area contributed by atoms with E-state index in [0.717, 1.165) is 0 Å². The second-order valence-electron chi connectivity index (χ2n) is 2.66. The molecule has 0 N–H and O–H groups in total. The monoisotopic (exact) mass is 150 g/mol. The highest BCUT2D eigenvalue weighted by Gasteiger charge is 1.95. The van der Waals surface area contributed by atoms with Crippen LogP contribution in [0.3, 0.4) is 0 Å². The van der Waals surface area contributed by atoms with Crippen LogP contribution in [0.2, 0.25) is 0 Å². The van der Waals surface area contributed by atoms with Gasteiger partial charge in [-0.25, -0.2) is 0 Å². The van der Waals surface area contributed by atoms with Crippen molar-refractivity contribution in [2.45, 2.75) is 19.8 Å². The van der Waals surface area contributed by atoms with Crippen LogP contribution < -0.4 is 9.75 Å². The van der Waals surface area contributed by atoms with Gasteiger partial charge in [-0.1, -0.05) is 12.2 Å². The third-order valence-electron chi connectivity index (χ3n) is 1.77. The summed E-state index contributed by atoms with van der Waals surface area (Å²) in [6.45, 7) is 2.17. The highest BCUT2D eigenvalue weighted by atomic mass is 32.1. The molecule has 10 heavy (non-hydrogen) atoms. The van der Waals surface area contributed by atoms with Gasteiger partial charge in [0.05, 0.1) is 0 Å². The van der Waals surface area contributed by atoms with E-state index in [0.29, 0.717) is 0 Å². The summed E-state index contributed by atoms with van der Waals surface area (Å²) in [6.07, 6.45) is 7.13. The normalized spacial score (nSPS) is 15.3. The average molecular weight is 150 g/mol. The van der Waals surface area contributed by atoms with E-state index in [1.165, 1.54) is 27.5 Å². The molecule has 0 radical (unpaired) electrons. The molecule has 1 aromatic heterocycles. The minimum Gasteiger partial charge on any atom is -0.141 e. The highest BCUT2D eigenvalue weighted by Crippen LogP contribution is 2.01. The fourth-order valence-electron chi connectivity index (χ4n) is 1.32. The first-order valence-electron chi connectivity index (χ1n) is 3.63. The number of hydrogen-bond acceptors (Lipinski definition) is 1. The minimum atomic E-state index is 1.23. The molecule has 52 valence electrons. The topological polar surface area (TPSA) is 0 Å². The van der Waals surface area contributed by atoms with Gasteiger partial charge in [-0.2, -0.15) is 0 Å². The van der Waals surface area contributed by atoms with E-state index < -0.39 is 0 Å². The number of aryl methyl sites for hydroxylation is 1. The van der Waals surface area contributed by atoms with Crippen LogP contribution in [-0.4, -0.2) is 0 Å². The molecule has 0 nitrogen and oxygen atoms in total. The van der Waals surface area contributed by atoms with Crippen molar-refractivity contribution in [1.82, 2.24) is 0 Å². The molecule has 1 aliphatic carbocycles. The van der Waals surface area contributed by atoms with Gasteiger partial charge in [0.15, 0.2) is 0 Å². The summed E-state index contributed by atoms with van der Waals surface area (Å²) in [5.74, 6) is 0. The van der Waals surface area contributed by atoms with Gasteiger partial charge in [-0.05, 0) is 31.1 Å². The molecule has 1 heteroatoms. The van der Waals surface area contributed by atoms with Crippen molar-refractivity contribution < 1.29 is 0 Å². The third-order valence-corrected chi connectivity index (χ3v) is 2.84. The quantitative estimate of drug-likeness (QED) is 0.524. The maximum atomic E-state index is 2.34. The van der Waals surface area contributed by atoms with E-state index in [1.807, 2.05) is 11.3 Å². The van der Waals surface area contributed by atoms with E-state index in [2.05, 4.69) is 25.1 Å². The zero-order valence-corrected chi connectivity index (χ0v) is 6.87. The maximum Gasteiger partial charge on any atom is 0.0302 e. The lowest BCUT2D eigenvalue weighted by atomic mass is 10.2. The molecule has 1 aromatic rings. The van der Waals surface area contributed by atoms with Gasteiger partial charge in [0.25, 0.3) is 0 Å². The third kappa shape index (κ3) is 0.907. The number of thiophene rings is 1. The average Bonchev–Trinajstić information content (AvgIpc) is 2.27. The summed E-state index contributed by atoms with van der Waals surface area (Å²) in [5.41, 5.74) is 0. The van der Waals surface area contributed by atoms with Crippen molar-refractivity contribution in [3.63, 3.8) is 0 Å². The summed E-state index contributed by atoms with van der Waals surface area (Å²) in [6, 6.07) is 2.27. The molecule has 0 spiro atoms. The second-order valence-corrected chi connectivity index (χ2v) is 3.95. The first-order valence-corrected chi connectivity index (χ1v) is 4.45. The van der Waals surface area contributed by atoms with Gasteiger partial charge in [-0.3, -0.25) is 0 Å². The molecule has 0 aliphatic heterocycles. The summed E-state index contributed by atoms with van der Waals surface area (Å²) in [5, 5.41) is 1.45. The van der Waals surface area contributed by atoms with Crippen LogP contribution in [0.25, 0.3) is 12.2 Å². The molecule has 0 saturated heterocycles. The molecular formula is C9H10S. The molecule has 0 unspecified atom stereocenters. The largest absolute Gasteiger partial charge is 0.141 e. The van der Waals surface area contributed by atoms with Gasteiger partial charge < -0.3 is 0 Å². The summed E-state index contributed by atoms with van der Waals surface area (Å²) < 4.78 is 1.48. The van der Waals surface area contributed by atoms with Crippen molar-refractivity contribution in [3.05, 3.63) is 20.7 Å². The lowest BCUT2D eigenvalue weighted by Crippen LogP contribution is -2.19. The van der Waals surface area contributed by atoms with Crippen LogP contribution >= 0.6 is 11.3 Å². The minimum absolute atomic E-state index is 1.23. The van der Waals surface area contributed by atoms with Crippen LogP contribution in [0, 0.1) is 6.92 Å². The Morgan fingerprint density at radius 1 is 1.30 bits per heavy atom. The molecule has 0 amide bonds. The SMILES string of the molecule is Cc1cc2c(s1)=CCCC=2. The Morgan fingerprint density at radius 2 is 2.10 bits per heavy atom. The predicted molar refractivity (Wildman–Crippen MR) is 46.5 cm³/mol. The zero-order chi connectivity index (χ0) is 6.97. The van der Waals surface area contributed by atoms with E-state index in [4.69, 9.17) is 0 Å². The predicted octanol–water partition coefficient (Wildman–Crippen LogP) is 1.41. The van der Waals surface area contributed by atoms with Crippen LogP contribution in [0.5, 0.6) is 0 Å². The van der Waals surface area contributed by atoms with Crippen LogP contribution in [0.4, 0.5) is 0 Å². The number of hydrogen-bond donors (Lipinski definition) is 0. The lowest BCUT2D eigenvalue weighted by Gasteiger charge is -1.90. The Labute approximate surface area is 64.5 Å². The van der Waals surface area contributed by atoms with Crippen molar-refractivity contribution in [3.8, 4) is 0 Å². The van der Waals surface area contributed by atoms with E-state index in [9.17, 15) is 0 Å². The Kier molecular flexibility index (Phi) is 1.38. The number of fused-ring (bicyclic) bond motifs is 1. The van der Waals surface area contributed by atoms with Gasteiger partial charge in [-0.15, -0.1) is 11.3 Å². The van der Waals surface area contributed by atoms with Crippen LogP contribution in [0.15, 0.2) is 6.07 Å². The molecule has 0 saturated carbocycles. The van der Waals surface area contributed by atoms with E-state index in [-0.39, 0.29) is 0 Å². The van der Waals surface area contributed by atoms with Crippen molar-refractivity contribution in [2.75, 3.05) is 0 Å². The van der Waals surface area contributed by atoms with Gasteiger partial charge in [0, 0.05) is 9.41 Å². The first kappa shape index (κ1) is 6.17. The molecule has 0 aromatic carbocycles. The van der Waals surface area contributed by atoms with Crippen LogP contribution in [-0.2, 0) is 0 Å². The Hall–Kier alpha value is -0.560. The molecule has 0 bridgehead atoms. The number of rotatable bonds is 0. The van der Waals surface area contributed by atoms with Gasteiger partial charge >= 0.3 is 0 Å². The summed E-state index contributed by atoms with van der Waals surface area (Å²) in [7, 11) is 0. The van der Waals surface area contributed by atoms with E-state index >= 15 is 0 Å². The summed E-state index contributed by atoms with van der Waals surface area (Å²) >= 11 is 1.90. The second kappa shape index (κ2) is 2.24. The first-order chi connectivity index (χ1) is 4.86. The molecule has 1 aliphatic rings. The Bertz CT molecular complexity index is 310. The van der Waals surface area contributed by atoms with Gasteiger partial charge in [0.2, 0.25) is 0 Å². The fraction of sp³-hybridized carbons (Fsp3) is 0.333. The van der Waals surface area contributed by atoms with Crippen molar-refractivity contribution in [1.29, 1.82) is 0 Å². The maximum absolute atomic E-state index is 2.34. The Balaban J connectivity index is 2.83. The molecule has 2 rings (SSSR count). The fourth-order valence-corrected chi connectivity index (χ4v) is 2.32. The van der Waals surface area contributed by atoms with Crippen molar-refractivity contribution >= 4 is 23.5 Å².